The molecule has 0 spiro atoms. The Morgan fingerprint density at radius 2 is 1.74 bits per heavy atom. The molecule has 1 N–H and O–H groups in total. The summed E-state index contributed by atoms with van der Waals surface area (Å²) < 4.78 is 16.2. The Morgan fingerprint density at radius 1 is 1.06 bits per heavy atom. The van der Waals surface area contributed by atoms with Gasteiger partial charge in [-0.3, -0.25) is 4.79 Å². The quantitative estimate of drug-likeness (QED) is 0.287. The molecule has 4 aliphatic carbocycles. The Balaban J connectivity index is 1.34. The maximum absolute atomic E-state index is 12.6. The van der Waals surface area contributed by atoms with Crippen LogP contribution in [0, 0.1) is 29.1 Å². The molecule has 0 amide bonds. The van der Waals surface area contributed by atoms with E-state index in [4.69, 9.17) is 9.16 Å². The van der Waals surface area contributed by atoms with Crippen LogP contribution in [0.2, 0.25) is 16.6 Å². The van der Waals surface area contributed by atoms with E-state index in [1.165, 1.54) is 33.3 Å². The van der Waals surface area contributed by atoms with Crippen molar-refractivity contribution in [2.45, 2.75) is 148 Å². The van der Waals surface area contributed by atoms with Crippen LogP contribution in [0.25, 0.3) is 10.9 Å². The lowest BCUT2D eigenvalue weighted by Crippen LogP contribution is -2.54. The van der Waals surface area contributed by atoms with Gasteiger partial charge in [0, 0.05) is 48.0 Å². The molecule has 0 bridgehead atoms. The highest BCUT2D eigenvalue weighted by atomic mass is 28.4. The summed E-state index contributed by atoms with van der Waals surface area (Å²) in [6, 6.07) is 7.32. The van der Waals surface area contributed by atoms with Crippen LogP contribution in [-0.2, 0) is 25.8 Å². The van der Waals surface area contributed by atoms with Crippen molar-refractivity contribution in [3.05, 3.63) is 46.7 Å². The lowest BCUT2D eigenvalue weighted by molar-refractivity contribution is -0.117. The van der Waals surface area contributed by atoms with Crippen molar-refractivity contribution in [3.8, 4) is 0 Å². The van der Waals surface area contributed by atoms with Gasteiger partial charge in [0.05, 0.1) is 11.1 Å². The first kappa shape index (κ1) is 33.7. The van der Waals surface area contributed by atoms with E-state index in [2.05, 4.69) is 78.2 Å². The fourth-order valence-corrected chi connectivity index (χ4v) is 18.1. The van der Waals surface area contributed by atoms with E-state index in [9.17, 15) is 9.90 Å². The molecule has 1 aliphatic heterocycles. The maximum atomic E-state index is 12.6. The highest BCUT2D eigenvalue weighted by Gasteiger charge is 2.63. The first-order valence-electron chi connectivity index (χ1n) is 18.8. The number of carbonyl (C=O) groups is 1. The molecule has 7 rings (SSSR count). The van der Waals surface area contributed by atoms with Gasteiger partial charge in [0.2, 0.25) is 0 Å². The number of ketones is 1. The molecule has 1 aromatic carbocycles. The normalized spacial score (nSPS) is 35.0. The summed E-state index contributed by atoms with van der Waals surface area (Å²) in [7, 11) is -0.101. The first-order valence-corrected chi connectivity index (χ1v) is 21.0. The summed E-state index contributed by atoms with van der Waals surface area (Å²) in [5.74, 6) is 2.20. The summed E-state index contributed by atoms with van der Waals surface area (Å²) in [6.07, 6.45) is 7.64. The van der Waals surface area contributed by atoms with Gasteiger partial charge in [-0.05, 0) is 116 Å². The molecule has 2 aromatic rings. The van der Waals surface area contributed by atoms with Gasteiger partial charge in [-0.25, -0.2) is 0 Å². The maximum Gasteiger partial charge on any atom is 0.200 e. The lowest BCUT2D eigenvalue weighted by Gasteiger charge is -2.57. The number of aromatic nitrogens is 1. The minimum atomic E-state index is -1.98. The summed E-state index contributed by atoms with van der Waals surface area (Å²) in [4.78, 5) is 12.6. The topological polar surface area (TPSA) is 60.7 Å². The molecular weight excluding hydrogens is 599 g/mol. The van der Waals surface area contributed by atoms with Crippen molar-refractivity contribution >= 4 is 25.0 Å². The predicted molar refractivity (Wildman–Crippen MR) is 193 cm³/mol. The van der Waals surface area contributed by atoms with Crippen LogP contribution in [0.4, 0.5) is 0 Å². The number of allylic oxidation sites excluding steroid dienone is 2. The second-order valence-electron chi connectivity index (χ2n) is 18.2. The molecule has 47 heavy (non-hydrogen) atoms. The van der Waals surface area contributed by atoms with E-state index in [1.54, 1.807) is 0 Å². The lowest BCUT2D eigenvalue weighted by atomic mass is 9.48. The number of hydrogen-bond donors (Lipinski definition) is 1. The van der Waals surface area contributed by atoms with Gasteiger partial charge in [0.15, 0.2) is 14.1 Å². The number of methoxy groups -OCH3 is 1. The average Bonchev–Trinajstić information content (AvgIpc) is 3.46. The number of benzene rings is 1. The predicted octanol–water partition coefficient (Wildman–Crippen LogP) is 9.62. The van der Waals surface area contributed by atoms with Crippen LogP contribution < -0.4 is 0 Å². The Morgan fingerprint density at radius 3 is 2.36 bits per heavy atom. The third kappa shape index (κ3) is 4.45. The van der Waals surface area contributed by atoms with Crippen molar-refractivity contribution in [1.29, 1.82) is 0 Å². The number of hydrogen-bond acceptors (Lipinski definition) is 4. The zero-order valence-electron chi connectivity index (χ0n) is 31.1. The van der Waals surface area contributed by atoms with Crippen LogP contribution in [-0.4, -0.2) is 43.1 Å². The van der Waals surface area contributed by atoms with Crippen LogP contribution in [0.5, 0.6) is 0 Å². The summed E-state index contributed by atoms with van der Waals surface area (Å²) in [6.45, 7) is 24.1. The number of nitrogens with zero attached hydrogens (tertiary/aromatic N) is 1. The van der Waals surface area contributed by atoms with Crippen molar-refractivity contribution in [1.82, 2.24) is 4.57 Å². The third-order valence-corrected chi connectivity index (χ3v) is 21.1. The number of carbonyl (C=O) groups excluding carboxylic acids is 1. The molecule has 2 heterocycles. The first-order chi connectivity index (χ1) is 22.0. The van der Waals surface area contributed by atoms with Crippen molar-refractivity contribution < 1.29 is 19.1 Å². The molecule has 1 aromatic heterocycles. The smallest absolute Gasteiger partial charge is 0.200 e. The fourth-order valence-electron chi connectivity index (χ4n) is 12.6. The van der Waals surface area contributed by atoms with Crippen molar-refractivity contribution in [2.24, 2.45) is 29.1 Å². The summed E-state index contributed by atoms with van der Waals surface area (Å²) in [5, 5.41) is 12.9. The van der Waals surface area contributed by atoms with Gasteiger partial charge in [0.25, 0.3) is 0 Å². The van der Waals surface area contributed by atoms with Crippen molar-refractivity contribution in [3.63, 3.8) is 0 Å². The van der Waals surface area contributed by atoms with Gasteiger partial charge in [-0.2, -0.15) is 0 Å². The highest BCUT2D eigenvalue weighted by Crippen LogP contribution is 2.68. The van der Waals surface area contributed by atoms with E-state index >= 15 is 0 Å². The second-order valence-corrected chi connectivity index (χ2v) is 23.7. The van der Waals surface area contributed by atoms with Crippen molar-refractivity contribution in [2.75, 3.05) is 13.7 Å². The Kier molecular flexibility index (Phi) is 8.00. The third-order valence-electron chi connectivity index (χ3n) is 15.1. The van der Waals surface area contributed by atoms with E-state index < -0.39 is 13.9 Å². The van der Waals surface area contributed by atoms with E-state index in [-0.39, 0.29) is 28.8 Å². The molecule has 258 valence electrons. The number of fused-ring (bicyclic) bond motifs is 11. The number of ether oxygens (including phenoxy) is 1. The number of aliphatic hydroxyl groups is 1. The molecule has 1 unspecified atom stereocenters. The van der Waals surface area contributed by atoms with Gasteiger partial charge in [-0.15, -0.1) is 0 Å². The van der Waals surface area contributed by atoms with E-state index in [1.807, 2.05) is 27.0 Å². The van der Waals surface area contributed by atoms with Crippen LogP contribution in [0.3, 0.4) is 0 Å². The molecule has 6 heteroatoms. The Bertz CT molecular complexity index is 1590. The average molecular weight is 660 g/mol. The van der Waals surface area contributed by atoms with Crippen LogP contribution >= 0.6 is 0 Å². The standard InChI is InChI=1S/C41H61NO4Si/c1-23(2)47(24(3)4,25(5)6)46-22-27-18-26-12-15-34-31(36(26)37-30(27)20-33(37)39(7,8)44)21-35-41(10)32(38(45-11)42(34)35)14-13-28-19-29(43)16-17-40(28,41)9/h12,15,19,21,23-25,27,30,32-33,37-38,44H,13-14,16-18,20,22H2,1-11H3/t27-,30-,32+,33+,37+,38?,40+,41-/m1/s1. The molecule has 0 saturated heterocycles. The molecular formula is C41H61NO4Si. The molecule has 0 radical (unpaired) electrons. The Hall–Kier alpha value is -1.73. The largest absolute Gasteiger partial charge is 0.416 e. The van der Waals surface area contributed by atoms with Crippen LogP contribution in [0.15, 0.2) is 29.8 Å². The molecule has 5 aliphatic rings. The fraction of sp³-hybridized carbons (Fsp3) is 0.732. The van der Waals surface area contributed by atoms with E-state index in [0.29, 0.717) is 46.7 Å². The molecule has 5 nitrogen and oxygen atoms in total. The van der Waals surface area contributed by atoms with Gasteiger partial charge in [-0.1, -0.05) is 67.0 Å². The molecule has 2 saturated carbocycles. The SMILES string of the molecule is COC1[C@@H]2CCC3=CC(=O)CC[C@]3(C)[C@@]2(C)c2cc3c4c(ccc3n21)C[C@H](CO[Si](C(C)C)(C(C)C)C(C)C)[C@H]1C[C@H](C(C)(C)O)[C@@H]41. The Labute approximate surface area is 285 Å². The van der Waals surface area contributed by atoms with Crippen LogP contribution in [0.1, 0.15) is 130 Å². The monoisotopic (exact) mass is 659 g/mol. The van der Waals surface area contributed by atoms with E-state index in [0.717, 1.165) is 38.7 Å². The minimum Gasteiger partial charge on any atom is -0.416 e. The minimum absolute atomic E-state index is 0.0188. The zero-order valence-corrected chi connectivity index (χ0v) is 32.1. The van der Waals surface area contributed by atoms with Gasteiger partial charge >= 0.3 is 0 Å². The molecule has 8 atom stereocenters. The number of rotatable bonds is 8. The summed E-state index contributed by atoms with van der Waals surface area (Å²) >= 11 is 0. The van der Waals surface area contributed by atoms with Gasteiger partial charge < -0.3 is 18.8 Å². The summed E-state index contributed by atoms with van der Waals surface area (Å²) in [5.41, 5.74) is 7.71. The zero-order chi connectivity index (χ0) is 34.0. The van der Waals surface area contributed by atoms with Gasteiger partial charge in [0.1, 0.15) is 6.23 Å². The highest BCUT2D eigenvalue weighted by molar-refractivity contribution is 6.77. The molecule has 2 fully saturated rings. The second kappa shape index (κ2) is 11.1.